The molecule has 2 heterocycles. The van der Waals surface area contributed by atoms with E-state index in [4.69, 9.17) is 5.73 Å². The zero-order chi connectivity index (χ0) is 20.4. The summed E-state index contributed by atoms with van der Waals surface area (Å²) in [5.74, 6) is 1.19. The van der Waals surface area contributed by atoms with Crippen molar-refractivity contribution in [3.05, 3.63) is 66.9 Å². The Kier molecular flexibility index (Phi) is 5.09. The quantitative estimate of drug-likeness (QED) is 0.439. The van der Waals surface area contributed by atoms with Crippen molar-refractivity contribution in [2.45, 2.75) is 6.92 Å². The Morgan fingerprint density at radius 3 is 2.48 bits per heavy atom. The van der Waals surface area contributed by atoms with Gasteiger partial charge in [0.2, 0.25) is 11.9 Å². The van der Waals surface area contributed by atoms with Crippen molar-refractivity contribution in [3.63, 3.8) is 0 Å². The summed E-state index contributed by atoms with van der Waals surface area (Å²) in [6.45, 7) is 1.45. The van der Waals surface area contributed by atoms with Crippen molar-refractivity contribution in [1.29, 1.82) is 0 Å². The lowest BCUT2D eigenvalue weighted by Gasteiger charge is -2.18. The summed E-state index contributed by atoms with van der Waals surface area (Å²) < 4.78 is 1.80. The zero-order valence-corrected chi connectivity index (χ0v) is 17.1. The van der Waals surface area contributed by atoms with Crippen LogP contribution in [0.2, 0.25) is 0 Å². The number of carbonyl (C=O) groups excluding carboxylic acids is 1. The molecule has 0 fully saturated rings. The van der Waals surface area contributed by atoms with Gasteiger partial charge < -0.3 is 11.1 Å². The van der Waals surface area contributed by atoms with E-state index in [-0.39, 0.29) is 11.9 Å². The summed E-state index contributed by atoms with van der Waals surface area (Å²) in [6.07, 6.45) is 1.72. The van der Waals surface area contributed by atoms with Gasteiger partial charge in [-0.2, -0.15) is 4.98 Å². The first-order chi connectivity index (χ1) is 14.0. The van der Waals surface area contributed by atoms with Gasteiger partial charge in [0.15, 0.2) is 5.82 Å². The molecule has 0 aliphatic heterocycles. The number of pyridine rings is 1. The van der Waals surface area contributed by atoms with Crippen LogP contribution in [-0.4, -0.2) is 20.9 Å². The molecule has 144 valence electrons. The lowest BCUT2D eigenvalue weighted by atomic mass is 10.0. The van der Waals surface area contributed by atoms with E-state index in [0.29, 0.717) is 11.6 Å². The number of halogens is 1. The fraction of sp³-hybridized carbons (Fsp3) is 0.0476. The van der Waals surface area contributed by atoms with Gasteiger partial charge in [0, 0.05) is 24.1 Å². The predicted molar refractivity (Wildman–Crippen MR) is 119 cm³/mol. The zero-order valence-electron chi connectivity index (χ0n) is 15.5. The van der Waals surface area contributed by atoms with Crippen molar-refractivity contribution >= 4 is 56.2 Å². The molecule has 4 aromatic rings. The van der Waals surface area contributed by atoms with Crippen LogP contribution in [0.4, 0.5) is 23.3 Å². The predicted octanol–water partition coefficient (Wildman–Crippen LogP) is 4.68. The highest BCUT2D eigenvalue weighted by atomic mass is 79.9. The van der Waals surface area contributed by atoms with Gasteiger partial charge in [0.1, 0.15) is 5.82 Å². The molecule has 0 aliphatic carbocycles. The molecule has 0 saturated carbocycles. The summed E-state index contributed by atoms with van der Waals surface area (Å²) in [5.41, 5.74) is 9.44. The number of nitrogens with two attached hydrogens (primary N) is 1. The van der Waals surface area contributed by atoms with Crippen molar-refractivity contribution in [2.75, 3.05) is 15.0 Å². The molecule has 1 amide bonds. The Hall–Kier alpha value is -3.52. The number of fused-ring (bicyclic) bond motifs is 1. The molecule has 0 saturated heterocycles. The highest BCUT2D eigenvalue weighted by Gasteiger charge is 2.15. The van der Waals surface area contributed by atoms with Crippen LogP contribution in [-0.2, 0) is 4.79 Å². The minimum Gasteiger partial charge on any atom is -0.368 e. The van der Waals surface area contributed by atoms with E-state index in [1.807, 2.05) is 54.6 Å². The third kappa shape index (κ3) is 4.02. The van der Waals surface area contributed by atoms with E-state index in [1.54, 1.807) is 16.2 Å². The summed E-state index contributed by atoms with van der Waals surface area (Å²) in [7, 11) is 0. The fourth-order valence-electron chi connectivity index (χ4n) is 2.96. The molecule has 0 spiro atoms. The maximum atomic E-state index is 11.2. The number of hydrogen-bond acceptors (Lipinski definition) is 6. The molecule has 0 aliphatic rings. The Morgan fingerprint density at radius 2 is 1.79 bits per heavy atom. The van der Waals surface area contributed by atoms with Crippen LogP contribution in [0.3, 0.4) is 0 Å². The molecule has 4 rings (SSSR count). The third-order valence-electron chi connectivity index (χ3n) is 4.26. The number of hydrogen-bond donors (Lipinski definition) is 2. The molecular formula is C21H17BrN6O. The van der Waals surface area contributed by atoms with E-state index < -0.39 is 0 Å². The standard InChI is InChI=1S/C21H17BrN6O/c1-13(29)25-19-10-8-15(12-24-19)14-7-9-18-17(11-14)20(27-21(23)26-18)28(22)16-5-3-2-4-6-16/h2-12H,1H3,(H2,23,26,27)(H,24,25,29). The van der Waals surface area contributed by atoms with Crippen LogP contribution < -0.4 is 15.0 Å². The Morgan fingerprint density at radius 1 is 1.03 bits per heavy atom. The van der Waals surface area contributed by atoms with E-state index in [2.05, 4.69) is 36.4 Å². The lowest BCUT2D eigenvalue weighted by Crippen LogP contribution is -2.07. The number of para-hydroxylation sites is 1. The highest BCUT2D eigenvalue weighted by molar-refractivity contribution is 9.10. The minimum atomic E-state index is -0.159. The first kappa shape index (κ1) is 18.8. The number of amides is 1. The summed E-state index contributed by atoms with van der Waals surface area (Å²) in [4.78, 5) is 24.3. The third-order valence-corrected chi connectivity index (χ3v) is 5.01. The highest BCUT2D eigenvalue weighted by Crippen LogP contribution is 2.35. The topological polar surface area (TPSA) is 97.0 Å². The van der Waals surface area contributed by atoms with Gasteiger partial charge in [0.05, 0.1) is 27.4 Å². The fourth-order valence-corrected chi connectivity index (χ4v) is 3.47. The summed E-state index contributed by atoms with van der Waals surface area (Å²) in [6, 6.07) is 19.3. The first-order valence-electron chi connectivity index (χ1n) is 8.83. The first-order valence-corrected chi connectivity index (χ1v) is 9.54. The van der Waals surface area contributed by atoms with Gasteiger partial charge >= 0.3 is 0 Å². The molecule has 8 heteroatoms. The van der Waals surface area contributed by atoms with Gasteiger partial charge in [-0.15, -0.1) is 0 Å². The van der Waals surface area contributed by atoms with Gasteiger partial charge in [-0.05, 0) is 42.0 Å². The molecule has 7 nitrogen and oxygen atoms in total. The van der Waals surface area contributed by atoms with Crippen molar-refractivity contribution in [1.82, 2.24) is 15.0 Å². The molecule has 2 aromatic carbocycles. The van der Waals surface area contributed by atoms with Crippen LogP contribution in [0.25, 0.3) is 22.0 Å². The van der Waals surface area contributed by atoms with Crippen molar-refractivity contribution < 1.29 is 4.79 Å². The van der Waals surface area contributed by atoms with Crippen LogP contribution in [0, 0.1) is 0 Å². The summed E-state index contributed by atoms with van der Waals surface area (Å²) >= 11 is 3.60. The Balaban J connectivity index is 1.79. The molecule has 2 aromatic heterocycles. The van der Waals surface area contributed by atoms with Crippen LogP contribution in [0.1, 0.15) is 6.92 Å². The number of carbonyl (C=O) groups is 1. The summed E-state index contributed by atoms with van der Waals surface area (Å²) in [5, 5.41) is 3.50. The van der Waals surface area contributed by atoms with Gasteiger partial charge in [0.25, 0.3) is 0 Å². The number of nitrogens with one attached hydrogen (secondary N) is 1. The lowest BCUT2D eigenvalue weighted by molar-refractivity contribution is -0.114. The molecule has 0 unspecified atom stereocenters. The number of nitrogen functional groups attached to an aromatic ring is 1. The molecular weight excluding hydrogens is 432 g/mol. The minimum absolute atomic E-state index is 0.159. The van der Waals surface area contributed by atoms with E-state index in [9.17, 15) is 4.79 Å². The average Bonchev–Trinajstić information content (AvgIpc) is 2.73. The molecule has 29 heavy (non-hydrogen) atoms. The number of anilines is 4. The Bertz CT molecular complexity index is 1180. The van der Waals surface area contributed by atoms with Crippen LogP contribution >= 0.6 is 16.1 Å². The van der Waals surface area contributed by atoms with Gasteiger partial charge in [-0.3, -0.25) is 8.72 Å². The normalized spacial score (nSPS) is 10.7. The Labute approximate surface area is 176 Å². The second kappa shape index (κ2) is 7.84. The monoisotopic (exact) mass is 448 g/mol. The second-order valence-electron chi connectivity index (χ2n) is 6.37. The largest absolute Gasteiger partial charge is 0.368 e. The van der Waals surface area contributed by atoms with E-state index in [1.165, 1.54) is 6.92 Å². The van der Waals surface area contributed by atoms with Gasteiger partial charge in [-0.25, -0.2) is 9.97 Å². The number of rotatable bonds is 4. The number of nitrogens with zero attached hydrogens (tertiary/aromatic N) is 4. The average molecular weight is 449 g/mol. The van der Waals surface area contributed by atoms with Crippen LogP contribution in [0.5, 0.6) is 0 Å². The number of aromatic nitrogens is 3. The molecule has 0 radical (unpaired) electrons. The smallest absolute Gasteiger partial charge is 0.222 e. The van der Waals surface area contributed by atoms with Crippen LogP contribution in [0.15, 0.2) is 66.9 Å². The van der Waals surface area contributed by atoms with Gasteiger partial charge in [-0.1, -0.05) is 24.3 Å². The van der Waals surface area contributed by atoms with E-state index in [0.717, 1.165) is 27.7 Å². The maximum absolute atomic E-state index is 11.2. The van der Waals surface area contributed by atoms with Crippen molar-refractivity contribution in [2.24, 2.45) is 0 Å². The molecule has 0 bridgehead atoms. The van der Waals surface area contributed by atoms with Crippen molar-refractivity contribution in [3.8, 4) is 11.1 Å². The second-order valence-corrected chi connectivity index (χ2v) is 7.08. The molecule has 3 N–H and O–H groups in total. The van der Waals surface area contributed by atoms with E-state index >= 15 is 0 Å². The SMILES string of the molecule is CC(=O)Nc1ccc(-c2ccc3nc(N)nc(N(Br)c4ccccc4)c3c2)cn1. The maximum Gasteiger partial charge on any atom is 0.222 e. The molecule has 0 atom stereocenters. The number of benzene rings is 2.